The second kappa shape index (κ2) is 5.67. The van der Waals surface area contributed by atoms with Gasteiger partial charge in [-0.2, -0.15) is 0 Å². The first-order chi connectivity index (χ1) is 8.63. The first-order valence-corrected chi connectivity index (χ1v) is 6.83. The van der Waals surface area contributed by atoms with Crippen molar-refractivity contribution in [1.29, 1.82) is 0 Å². The quantitative estimate of drug-likeness (QED) is 0.934. The van der Waals surface area contributed by atoms with Gasteiger partial charge in [-0.05, 0) is 54.0 Å². The van der Waals surface area contributed by atoms with E-state index in [1.54, 1.807) is 6.26 Å². The zero-order valence-corrected chi connectivity index (χ0v) is 12.4. The molecule has 2 aromatic heterocycles. The third-order valence-corrected chi connectivity index (χ3v) is 3.55. The highest BCUT2D eigenvalue weighted by atomic mass is 79.9. The van der Waals surface area contributed by atoms with Crippen LogP contribution in [0.25, 0.3) is 0 Å². The number of aromatic nitrogens is 1. The number of furan rings is 1. The molecule has 0 amide bonds. The van der Waals surface area contributed by atoms with Crippen LogP contribution >= 0.6 is 15.9 Å². The fourth-order valence-electron chi connectivity index (χ4n) is 2.06. The van der Waals surface area contributed by atoms with Gasteiger partial charge < -0.3 is 9.73 Å². The molecule has 0 aliphatic carbocycles. The lowest BCUT2D eigenvalue weighted by molar-refractivity contribution is 0.448. The van der Waals surface area contributed by atoms with Crippen molar-refractivity contribution in [3.63, 3.8) is 0 Å². The van der Waals surface area contributed by atoms with Crippen molar-refractivity contribution in [3.8, 4) is 0 Å². The van der Waals surface area contributed by atoms with E-state index < -0.39 is 0 Å². The van der Waals surface area contributed by atoms with E-state index in [9.17, 15) is 0 Å². The molecule has 0 aromatic carbocycles. The summed E-state index contributed by atoms with van der Waals surface area (Å²) in [5, 5.41) is 3.44. The Balaban J connectivity index is 2.45. The van der Waals surface area contributed by atoms with E-state index in [1.807, 2.05) is 26.0 Å². The van der Waals surface area contributed by atoms with E-state index in [4.69, 9.17) is 4.42 Å². The summed E-state index contributed by atoms with van der Waals surface area (Å²) in [6.07, 6.45) is 1.70. The lowest BCUT2D eigenvalue weighted by Gasteiger charge is -2.18. The molecule has 1 unspecified atom stereocenters. The van der Waals surface area contributed by atoms with Crippen molar-refractivity contribution < 1.29 is 4.42 Å². The summed E-state index contributed by atoms with van der Waals surface area (Å²) in [6.45, 7) is 6.98. The minimum Gasteiger partial charge on any atom is -0.466 e. The van der Waals surface area contributed by atoms with Gasteiger partial charge in [0.2, 0.25) is 0 Å². The summed E-state index contributed by atoms with van der Waals surface area (Å²) in [6, 6.07) is 6.09. The maximum Gasteiger partial charge on any atom is 0.139 e. The van der Waals surface area contributed by atoms with Gasteiger partial charge >= 0.3 is 0 Å². The number of aryl methyl sites for hydroxylation is 2. The summed E-state index contributed by atoms with van der Waals surface area (Å²) < 4.78 is 6.56. The first kappa shape index (κ1) is 13.3. The van der Waals surface area contributed by atoms with Crippen LogP contribution in [0.4, 0.5) is 0 Å². The third-order valence-electron chi connectivity index (χ3n) is 2.89. The van der Waals surface area contributed by atoms with Gasteiger partial charge in [0.1, 0.15) is 5.76 Å². The highest BCUT2D eigenvalue weighted by Gasteiger charge is 2.21. The Morgan fingerprint density at radius 2 is 2.11 bits per heavy atom. The summed E-state index contributed by atoms with van der Waals surface area (Å²) in [4.78, 5) is 4.52. The molecular formula is C14H17BrN2O. The van der Waals surface area contributed by atoms with Crippen LogP contribution in [-0.2, 0) is 0 Å². The van der Waals surface area contributed by atoms with Gasteiger partial charge in [0.15, 0.2) is 0 Å². The van der Waals surface area contributed by atoms with Gasteiger partial charge in [-0.15, -0.1) is 0 Å². The van der Waals surface area contributed by atoms with Crippen molar-refractivity contribution in [2.24, 2.45) is 0 Å². The standard InChI is InChI=1S/C14H17BrN2O/c1-4-16-13(14-12(15)7-8-18-14)11-6-5-9(2)17-10(11)3/h5-8,13,16H,4H2,1-3H3. The van der Waals surface area contributed by atoms with Crippen LogP contribution in [0, 0.1) is 13.8 Å². The first-order valence-electron chi connectivity index (χ1n) is 6.04. The minimum atomic E-state index is 0.0347. The normalized spacial score (nSPS) is 12.7. The lowest BCUT2D eigenvalue weighted by atomic mass is 10.0. The lowest BCUT2D eigenvalue weighted by Crippen LogP contribution is -2.23. The molecule has 1 N–H and O–H groups in total. The molecule has 0 saturated carbocycles. The van der Waals surface area contributed by atoms with E-state index in [-0.39, 0.29) is 6.04 Å². The van der Waals surface area contributed by atoms with Crippen LogP contribution in [0.5, 0.6) is 0 Å². The van der Waals surface area contributed by atoms with Crippen molar-refractivity contribution in [3.05, 3.63) is 51.6 Å². The van der Waals surface area contributed by atoms with Crippen molar-refractivity contribution in [1.82, 2.24) is 10.3 Å². The van der Waals surface area contributed by atoms with E-state index >= 15 is 0 Å². The van der Waals surface area contributed by atoms with Crippen LogP contribution in [0.15, 0.2) is 33.4 Å². The second-order valence-electron chi connectivity index (χ2n) is 4.25. The molecule has 18 heavy (non-hydrogen) atoms. The van der Waals surface area contributed by atoms with Gasteiger partial charge in [-0.3, -0.25) is 4.98 Å². The molecule has 0 radical (unpaired) electrons. The minimum absolute atomic E-state index is 0.0347. The van der Waals surface area contributed by atoms with Gasteiger partial charge in [0, 0.05) is 11.4 Å². The molecule has 4 heteroatoms. The van der Waals surface area contributed by atoms with E-state index in [0.29, 0.717) is 0 Å². The topological polar surface area (TPSA) is 38.1 Å². The number of nitrogens with zero attached hydrogens (tertiary/aromatic N) is 1. The monoisotopic (exact) mass is 308 g/mol. The maximum absolute atomic E-state index is 5.58. The highest BCUT2D eigenvalue weighted by Crippen LogP contribution is 2.30. The molecule has 96 valence electrons. The Morgan fingerprint density at radius 3 is 2.67 bits per heavy atom. The molecule has 2 rings (SSSR count). The number of rotatable bonds is 4. The Kier molecular flexibility index (Phi) is 4.19. The highest BCUT2D eigenvalue weighted by molar-refractivity contribution is 9.10. The Morgan fingerprint density at radius 1 is 1.33 bits per heavy atom. The van der Waals surface area contributed by atoms with Crippen LogP contribution in [0.2, 0.25) is 0 Å². The zero-order valence-electron chi connectivity index (χ0n) is 10.8. The molecule has 0 aliphatic heterocycles. The largest absolute Gasteiger partial charge is 0.466 e. The summed E-state index contributed by atoms with van der Waals surface area (Å²) in [5.41, 5.74) is 3.22. The van der Waals surface area contributed by atoms with Crippen molar-refractivity contribution >= 4 is 15.9 Å². The van der Waals surface area contributed by atoms with Gasteiger partial charge in [-0.1, -0.05) is 13.0 Å². The summed E-state index contributed by atoms with van der Waals surface area (Å²) in [5.74, 6) is 0.894. The molecule has 2 aromatic rings. The third kappa shape index (κ3) is 2.65. The Hall–Kier alpha value is -1.13. The molecular weight excluding hydrogens is 292 g/mol. The van der Waals surface area contributed by atoms with E-state index in [2.05, 4.69) is 39.2 Å². The van der Waals surface area contributed by atoms with E-state index in [0.717, 1.165) is 33.7 Å². The van der Waals surface area contributed by atoms with Crippen LogP contribution in [0.3, 0.4) is 0 Å². The van der Waals surface area contributed by atoms with Crippen LogP contribution < -0.4 is 5.32 Å². The fourth-order valence-corrected chi connectivity index (χ4v) is 2.49. The van der Waals surface area contributed by atoms with Gasteiger partial charge in [0.05, 0.1) is 16.8 Å². The molecule has 0 aliphatic rings. The number of hydrogen-bond donors (Lipinski definition) is 1. The smallest absolute Gasteiger partial charge is 0.139 e. The molecule has 0 saturated heterocycles. The van der Waals surface area contributed by atoms with E-state index in [1.165, 1.54) is 0 Å². The Bertz CT molecular complexity index is 536. The molecule has 3 nitrogen and oxygen atoms in total. The summed E-state index contributed by atoms with van der Waals surface area (Å²) >= 11 is 3.52. The summed E-state index contributed by atoms with van der Waals surface area (Å²) in [7, 11) is 0. The Labute approximate surface area is 116 Å². The molecule has 2 heterocycles. The maximum atomic E-state index is 5.58. The van der Waals surface area contributed by atoms with Crippen molar-refractivity contribution in [2.45, 2.75) is 26.8 Å². The van der Waals surface area contributed by atoms with Gasteiger partial charge in [-0.25, -0.2) is 0 Å². The number of hydrogen-bond acceptors (Lipinski definition) is 3. The zero-order chi connectivity index (χ0) is 13.1. The molecule has 0 bridgehead atoms. The number of halogens is 1. The molecule has 1 atom stereocenters. The predicted octanol–water partition coefficient (Wildman–Crippen LogP) is 3.75. The fraction of sp³-hybridized carbons (Fsp3) is 0.357. The molecule has 0 fully saturated rings. The predicted molar refractivity (Wildman–Crippen MR) is 75.6 cm³/mol. The molecule has 0 spiro atoms. The van der Waals surface area contributed by atoms with Crippen LogP contribution in [-0.4, -0.2) is 11.5 Å². The average molecular weight is 309 g/mol. The number of pyridine rings is 1. The SMILES string of the molecule is CCNC(c1ccc(C)nc1C)c1occc1Br. The average Bonchev–Trinajstić information content (AvgIpc) is 2.73. The van der Waals surface area contributed by atoms with Crippen LogP contribution in [0.1, 0.15) is 35.7 Å². The van der Waals surface area contributed by atoms with Crippen molar-refractivity contribution in [2.75, 3.05) is 6.54 Å². The van der Waals surface area contributed by atoms with Gasteiger partial charge in [0.25, 0.3) is 0 Å². The number of nitrogens with one attached hydrogen (secondary N) is 1. The second-order valence-corrected chi connectivity index (χ2v) is 5.11.